The van der Waals surface area contributed by atoms with Crippen LogP contribution in [0.25, 0.3) is 0 Å². The number of rotatable bonds is 3. The second kappa shape index (κ2) is 4.56. The fourth-order valence-corrected chi connectivity index (χ4v) is 2.07. The standard InChI is InChI=1S/C13H17NO2/c1-9(2)8-11-12(14-13(15)16-11)10-6-4-3-5-7-10/h3-7,9,11-12H,8H2,1-2H3,(H,14,15)/t11-,12+/m1/s1. The molecule has 0 unspecified atom stereocenters. The molecule has 1 aromatic carbocycles. The average molecular weight is 219 g/mol. The Labute approximate surface area is 95.8 Å². The topological polar surface area (TPSA) is 38.3 Å². The molecule has 1 aliphatic heterocycles. The van der Waals surface area contributed by atoms with Crippen molar-refractivity contribution in [2.24, 2.45) is 5.92 Å². The van der Waals surface area contributed by atoms with Gasteiger partial charge in [0.05, 0.1) is 6.04 Å². The summed E-state index contributed by atoms with van der Waals surface area (Å²) >= 11 is 0. The summed E-state index contributed by atoms with van der Waals surface area (Å²) in [5.41, 5.74) is 1.11. The highest BCUT2D eigenvalue weighted by Gasteiger charge is 2.35. The van der Waals surface area contributed by atoms with E-state index in [1.54, 1.807) is 0 Å². The summed E-state index contributed by atoms with van der Waals surface area (Å²) in [6, 6.07) is 9.97. The summed E-state index contributed by atoms with van der Waals surface area (Å²) in [4.78, 5) is 11.3. The molecule has 0 aromatic heterocycles. The van der Waals surface area contributed by atoms with Crippen molar-refractivity contribution in [1.82, 2.24) is 5.32 Å². The molecule has 1 fully saturated rings. The number of carbonyl (C=O) groups is 1. The first-order valence-electron chi connectivity index (χ1n) is 5.69. The molecule has 0 aliphatic carbocycles. The van der Waals surface area contributed by atoms with E-state index in [0.29, 0.717) is 5.92 Å². The van der Waals surface area contributed by atoms with Crippen molar-refractivity contribution in [2.45, 2.75) is 32.4 Å². The molecule has 1 aromatic rings. The van der Waals surface area contributed by atoms with Gasteiger partial charge in [0, 0.05) is 0 Å². The van der Waals surface area contributed by atoms with Gasteiger partial charge in [-0.1, -0.05) is 44.2 Å². The Morgan fingerprint density at radius 3 is 2.62 bits per heavy atom. The first-order chi connectivity index (χ1) is 7.66. The van der Waals surface area contributed by atoms with Crippen molar-refractivity contribution >= 4 is 6.09 Å². The van der Waals surface area contributed by atoms with E-state index in [2.05, 4.69) is 19.2 Å². The van der Waals surface area contributed by atoms with Gasteiger partial charge in [-0.3, -0.25) is 0 Å². The first-order valence-corrected chi connectivity index (χ1v) is 5.69. The molecule has 86 valence electrons. The number of carbonyl (C=O) groups excluding carboxylic acids is 1. The Hall–Kier alpha value is -1.51. The lowest BCUT2D eigenvalue weighted by Crippen LogP contribution is -2.23. The summed E-state index contributed by atoms with van der Waals surface area (Å²) in [5.74, 6) is 0.518. The average Bonchev–Trinajstić information content (AvgIpc) is 2.60. The third-order valence-corrected chi connectivity index (χ3v) is 2.77. The van der Waals surface area contributed by atoms with Gasteiger partial charge in [-0.2, -0.15) is 0 Å². The Kier molecular flexibility index (Phi) is 3.13. The molecule has 0 saturated carbocycles. The molecule has 16 heavy (non-hydrogen) atoms. The second-order valence-electron chi connectivity index (χ2n) is 4.61. The van der Waals surface area contributed by atoms with Gasteiger partial charge in [-0.05, 0) is 17.9 Å². The molecule has 1 amide bonds. The van der Waals surface area contributed by atoms with Crippen LogP contribution >= 0.6 is 0 Å². The zero-order valence-electron chi connectivity index (χ0n) is 9.64. The van der Waals surface area contributed by atoms with Crippen molar-refractivity contribution in [1.29, 1.82) is 0 Å². The third-order valence-electron chi connectivity index (χ3n) is 2.77. The number of benzene rings is 1. The summed E-state index contributed by atoms with van der Waals surface area (Å²) in [7, 11) is 0. The van der Waals surface area contributed by atoms with Gasteiger partial charge in [0.15, 0.2) is 0 Å². The molecule has 0 radical (unpaired) electrons. The molecular weight excluding hydrogens is 202 g/mol. The van der Waals surface area contributed by atoms with Crippen LogP contribution in [0.2, 0.25) is 0 Å². The summed E-state index contributed by atoms with van der Waals surface area (Å²) in [6.07, 6.45) is 0.535. The van der Waals surface area contributed by atoms with E-state index in [9.17, 15) is 4.79 Å². The molecule has 0 bridgehead atoms. The maximum absolute atomic E-state index is 11.3. The van der Waals surface area contributed by atoms with Gasteiger partial charge >= 0.3 is 6.09 Å². The van der Waals surface area contributed by atoms with Crippen molar-refractivity contribution in [2.75, 3.05) is 0 Å². The maximum Gasteiger partial charge on any atom is 0.408 e. The number of nitrogens with one attached hydrogen (secondary N) is 1. The molecular formula is C13H17NO2. The zero-order valence-corrected chi connectivity index (χ0v) is 9.64. The van der Waals surface area contributed by atoms with E-state index >= 15 is 0 Å². The Morgan fingerprint density at radius 2 is 2.00 bits per heavy atom. The number of hydrogen-bond acceptors (Lipinski definition) is 2. The van der Waals surface area contributed by atoms with Gasteiger partial charge in [0.1, 0.15) is 6.10 Å². The van der Waals surface area contributed by atoms with E-state index in [0.717, 1.165) is 12.0 Å². The fourth-order valence-electron chi connectivity index (χ4n) is 2.07. The highest BCUT2D eigenvalue weighted by atomic mass is 16.6. The number of hydrogen-bond donors (Lipinski definition) is 1. The number of amides is 1. The lowest BCUT2D eigenvalue weighted by molar-refractivity contribution is 0.118. The second-order valence-corrected chi connectivity index (χ2v) is 4.61. The van der Waals surface area contributed by atoms with E-state index < -0.39 is 0 Å². The number of cyclic esters (lactones) is 1. The van der Waals surface area contributed by atoms with Crippen LogP contribution in [-0.4, -0.2) is 12.2 Å². The lowest BCUT2D eigenvalue weighted by Gasteiger charge is -2.18. The molecule has 2 rings (SSSR count). The molecule has 1 saturated heterocycles. The summed E-state index contributed by atoms with van der Waals surface area (Å²) in [6.45, 7) is 4.27. The van der Waals surface area contributed by atoms with Gasteiger partial charge in [-0.15, -0.1) is 0 Å². The van der Waals surface area contributed by atoms with Crippen LogP contribution in [-0.2, 0) is 4.74 Å². The highest BCUT2D eigenvalue weighted by Crippen LogP contribution is 2.28. The smallest absolute Gasteiger partial charge is 0.408 e. The van der Waals surface area contributed by atoms with Crippen molar-refractivity contribution in [3.8, 4) is 0 Å². The van der Waals surface area contributed by atoms with Crippen LogP contribution in [0.3, 0.4) is 0 Å². The number of alkyl carbamates (subject to hydrolysis) is 1. The molecule has 1 aliphatic rings. The monoisotopic (exact) mass is 219 g/mol. The van der Waals surface area contributed by atoms with Crippen LogP contribution in [0, 0.1) is 5.92 Å². The first kappa shape index (κ1) is 11.0. The molecule has 0 spiro atoms. The van der Waals surface area contributed by atoms with Crippen LogP contribution in [0.1, 0.15) is 31.9 Å². The summed E-state index contributed by atoms with van der Waals surface area (Å²) < 4.78 is 5.29. The Bertz CT molecular complexity index is 361. The van der Waals surface area contributed by atoms with Crippen molar-refractivity contribution < 1.29 is 9.53 Å². The predicted molar refractivity (Wildman–Crippen MR) is 62.0 cm³/mol. The predicted octanol–water partition coefficient (Wildman–Crippen LogP) is 2.88. The largest absolute Gasteiger partial charge is 0.444 e. The molecule has 2 atom stereocenters. The lowest BCUT2D eigenvalue weighted by atomic mass is 9.95. The van der Waals surface area contributed by atoms with Crippen LogP contribution in [0.15, 0.2) is 30.3 Å². The minimum atomic E-state index is -0.306. The van der Waals surface area contributed by atoms with Gasteiger partial charge < -0.3 is 10.1 Å². The normalized spacial score (nSPS) is 24.3. The van der Waals surface area contributed by atoms with Crippen LogP contribution in [0.4, 0.5) is 4.79 Å². The number of ether oxygens (including phenoxy) is 1. The van der Waals surface area contributed by atoms with Crippen molar-refractivity contribution in [3.63, 3.8) is 0 Å². The maximum atomic E-state index is 11.3. The van der Waals surface area contributed by atoms with E-state index in [4.69, 9.17) is 4.74 Å². The highest BCUT2D eigenvalue weighted by molar-refractivity contribution is 5.70. The summed E-state index contributed by atoms with van der Waals surface area (Å²) in [5, 5.41) is 2.86. The van der Waals surface area contributed by atoms with Gasteiger partial charge in [-0.25, -0.2) is 4.79 Å². The Balaban J connectivity index is 2.16. The molecule has 3 heteroatoms. The SMILES string of the molecule is CC(C)C[C@H]1OC(=O)N[C@H]1c1ccccc1. The van der Waals surface area contributed by atoms with Crippen LogP contribution in [0.5, 0.6) is 0 Å². The van der Waals surface area contributed by atoms with Crippen molar-refractivity contribution in [3.05, 3.63) is 35.9 Å². The Morgan fingerprint density at radius 1 is 1.31 bits per heavy atom. The fraction of sp³-hybridized carbons (Fsp3) is 0.462. The third kappa shape index (κ3) is 2.35. The van der Waals surface area contributed by atoms with Gasteiger partial charge in [0.2, 0.25) is 0 Å². The molecule has 3 nitrogen and oxygen atoms in total. The minimum Gasteiger partial charge on any atom is -0.444 e. The van der Waals surface area contributed by atoms with Gasteiger partial charge in [0.25, 0.3) is 0 Å². The van der Waals surface area contributed by atoms with Crippen LogP contribution < -0.4 is 5.32 Å². The molecule has 1 N–H and O–H groups in total. The quantitative estimate of drug-likeness (QED) is 0.848. The minimum absolute atomic E-state index is 0.00361. The van der Waals surface area contributed by atoms with E-state index in [1.807, 2.05) is 30.3 Å². The zero-order chi connectivity index (χ0) is 11.5. The molecule has 1 heterocycles. The van der Waals surface area contributed by atoms with E-state index in [1.165, 1.54) is 0 Å². The van der Waals surface area contributed by atoms with E-state index in [-0.39, 0.29) is 18.2 Å².